The van der Waals surface area contributed by atoms with Gasteiger partial charge in [0.05, 0.1) is 11.1 Å². The van der Waals surface area contributed by atoms with E-state index in [1.54, 1.807) is 18.2 Å². The van der Waals surface area contributed by atoms with Crippen molar-refractivity contribution in [2.24, 2.45) is 0 Å². The second-order valence-corrected chi connectivity index (χ2v) is 3.81. The van der Waals surface area contributed by atoms with Crippen molar-refractivity contribution in [3.05, 3.63) is 65.2 Å². The molecule has 4 nitrogen and oxygen atoms in total. The molecule has 2 rings (SSSR count). The smallest absolute Gasteiger partial charge is 0.254 e. The Morgan fingerprint density at radius 2 is 2.16 bits per heavy atom. The number of nitrogens with zero attached hydrogens (tertiary/aromatic N) is 2. The van der Waals surface area contributed by atoms with Crippen LogP contribution < -0.4 is 5.32 Å². The number of halogens is 1. The summed E-state index contributed by atoms with van der Waals surface area (Å²) in [7, 11) is 0. The molecule has 0 aliphatic rings. The molecule has 0 atom stereocenters. The first-order valence-electron chi connectivity index (χ1n) is 5.58. The number of hydrogen-bond donors (Lipinski definition) is 1. The highest BCUT2D eigenvalue weighted by Gasteiger charge is 2.11. The maximum atomic E-state index is 13.4. The molecule has 5 heteroatoms. The van der Waals surface area contributed by atoms with Crippen LogP contribution in [0.3, 0.4) is 0 Å². The fourth-order valence-electron chi connectivity index (χ4n) is 1.59. The summed E-state index contributed by atoms with van der Waals surface area (Å²) in [4.78, 5) is 15.7. The molecule has 2 aromatic rings. The van der Waals surface area contributed by atoms with Crippen molar-refractivity contribution in [2.75, 3.05) is 0 Å². The van der Waals surface area contributed by atoms with Gasteiger partial charge in [-0.05, 0) is 12.1 Å². The van der Waals surface area contributed by atoms with Gasteiger partial charge >= 0.3 is 0 Å². The van der Waals surface area contributed by atoms with E-state index in [0.29, 0.717) is 5.56 Å². The van der Waals surface area contributed by atoms with Crippen LogP contribution in [0.4, 0.5) is 4.39 Å². The molecule has 0 bridgehead atoms. The molecule has 94 valence electrons. The fraction of sp³-hybridized carbons (Fsp3) is 0.0714. The molecule has 1 aromatic carbocycles. The Balaban J connectivity index is 2.11. The van der Waals surface area contributed by atoms with Crippen molar-refractivity contribution < 1.29 is 9.18 Å². The molecule has 1 aromatic heterocycles. The predicted molar refractivity (Wildman–Crippen MR) is 66.5 cm³/mol. The summed E-state index contributed by atoms with van der Waals surface area (Å²) in [5.41, 5.74) is 0.806. The number of rotatable bonds is 3. The third-order valence-electron chi connectivity index (χ3n) is 2.58. The zero-order chi connectivity index (χ0) is 13.7. The van der Waals surface area contributed by atoms with Gasteiger partial charge in [0.15, 0.2) is 0 Å². The van der Waals surface area contributed by atoms with E-state index in [4.69, 9.17) is 5.26 Å². The van der Waals surface area contributed by atoms with Gasteiger partial charge in [0.25, 0.3) is 5.91 Å². The Kier molecular flexibility index (Phi) is 3.84. The van der Waals surface area contributed by atoms with Crippen LogP contribution in [0.1, 0.15) is 21.5 Å². The number of hydrogen-bond acceptors (Lipinski definition) is 3. The van der Waals surface area contributed by atoms with Gasteiger partial charge in [-0.15, -0.1) is 0 Å². The van der Waals surface area contributed by atoms with Crippen LogP contribution in [0.2, 0.25) is 0 Å². The van der Waals surface area contributed by atoms with E-state index in [2.05, 4.69) is 10.3 Å². The minimum Gasteiger partial charge on any atom is -0.348 e. The first-order valence-corrected chi connectivity index (χ1v) is 5.58. The lowest BCUT2D eigenvalue weighted by atomic mass is 10.1. The van der Waals surface area contributed by atoms with Gasteiger partial charge in [-0.1, -0.05) is 18.2 Å². The number of carbonyl (C=O) groups excluding carboxylic acids is 1. The topological polar surface area (TPSA) is 65.8 Å². The second-order valence-electron chi connectivity index (χ2n) is 3.81. The molecule has 0 fully saturated rings. The molecule has 0 spiro atoms. The summed E-state index contributed by atoms with van der Waals surface area (Å²) in [5, 5.41) is 11.4. The normalized spacial score (nSPS) is 9.68. The number of benzene rings is 1. The van der Waals surface area contributed by atoms with Gasteiger partial charge in [0, 0.05) is 24.5 Å². The van der Waals surface area contributed by atoms with E-state index in [-0.39, 0.29) is 23.5 Å². The van der Waals surface area contributed by atoms with Crippen molar-refractivity contribution in [2.45, 2.75) is 6.54 Å². The Bertz CT molecular complexity index is 649. The lowest BCUT2D eigenvalue weighted by Crippen LogP contribution is -2.24. The average Bonchev–Trinajstić information content (AvgIpc) is 2.46. The van der Waals surface area contributed by atoms with Crippen molar-refractivity contribution in [3.63, 3.8) is 0 Å². The van der Waals surface area contributed by atoms with Gasteiger partial charge in [0.2, 0.25) is 0 Å². The summed E-state index contributed by atoms with van der Waals surface area (Å²) >= 11 is 0. The van der Waals surface area contributed by atoms with Crippen LogP contribution in [-0.4, -0.2) is 10.9 Å². The Hall–Kier alpha value is -2.74. The minimum absolute atomic E-state index is 0.0608. The zero-order valence-electron chi connectivity index (χ0n) is 9.93. The van der Waals surface area contributed by atoms with E-state index in [1.807, 2.05) is 6.07 Å². The van der Waals surface area contributed by atoms with Gasteiger partial charge in [0.1, 0.15) is 11.9 Å². The summed E-state index contributed by atoms with van der Waals surface area (Å²) in [6.07, 6.45) is 2.75. The van der Waals surface area contributed by atoms with Crippen LogP contribution in [0, 0.1) is 17.1 Å². The quantitative estimate of drug-likeness (QED) is 0.912. The van der Waals surface area contributed by atoms with Gasteiger partial charge in [-0.2, -0.15) is 5.26 Å². The molecule has 1 heterocycles. The maximum Gasteiger partial charge on any atom is 0.254 e. The lowest BCUT2D eigenvalue weighted by Gasteiger charge is -2.06. The molecule has 0 radical (unpaired) electrons. The van der Waals surface area contributed by atoms with E-state index < -0.39 is 5.91 Å². The number of nitriles is 1. The lowest BCUT2D eigenvalue weighted by molar-refractivity contribution is 0.0950. The van der Waals surface area contributed by atoms with Crippen LogP contribution >= 0.6 is 0 Å². The standard InChI is InChI=1S/C14H10FN3O/c15-13-4-2-1-3-11(13)8-18-14(19)12-9-17-6-5-10(12)7-16/h1-6,9H,8H2,(H,18,19). The third-order valence-corrected chi connectivity index (χ3v) is 2.58. The summed E-state index contributed by atoms with van der Waals surface area (Å²) in [5.74, 6) is -0.831. The average molecular weight is 255 g/mol. The number of amides is 1. The largest absolute Gasteiger partial charge is 0.348 e. The molecule has 0 aliphatic carbocycles. The number of aromatic nitrogens is 1. The molecular weight excluding hydrogens is 245 g/mol. The van der Waals surface area contributed by atoms with Crippen molar-refractivity contribution in [1.82, 2.24) is 10.3 Å². The predicted octanol–water partition coefficient (Wildman–Crippen LogP) is 2.02. The zero-order valence-corrected chi connectivity index (χ0v) is 9.93. The van der Waals surface area contributed by atoms with E-state index in [9.17, 15) is 9.18 Å². The van der Waals surface area contributed by atoms with Crippen molar-refractivity contribution >= 4 is 5.91 Å². The summed E-state index contributed by atoms with van der Waals surface area (Å²) in [6, 6.07) is 9.55. The maximum absolute atomic E-state index is 13.4. The third kappa shape index (κ3) is 2.93. The molecule has 19 heavy (non-hydrogen) atoms. The SMILES string of the molecule is N#Cc1ccncc1C(=O)NCc1ccccc1F. The first kappa shape index (κ1) is 12.7. The van der Waals surface area contributed by atoms with Crippen LogP contribution in [-0.2, 0) is 6.54 Å². The summed E-state index contributed by atoms with van der Waals surface area (Å²) in [6.45, 7) is 0.0608. The van der Waals surface area contributed by atoms with Crippen LogP contribution in [0.15, 0.2) is 42.7 Å². The first-order chi connectivity index (χ1) is 9.22. The summed E-state index contributed by atoms with van der Waals surface area (Å²) < 4.78 is 13.4. The molecule has 0 unspecified atom stereocenters. The van der Waals surface area contributed by atoms with Crippen molar-refractivity contribution in [1.29, 1.82) is 5.26 Å². The fourth-order valence-corrected chi connectivity index (χ4v) is 1.59. The van der Waals surface area contributed by atoms with Crippen LogP contribution in [0.25, 0.3) is 0 Å². The van der Waals surface area contributed by atoms with Gasteiger partial charge < -0.3 is 5.32 Å². The second kappa shape index (κ2) is 5.74. The monoisotopic (exact) mass is 255 g/mol. The Morgan fingerprint density at radius 1 is 1.37 bits per heavy atom. The molecule has 1 N–H and O–H groups in total. The molecule has 0 aliphatic heterocycles. The Labute approximate surface area is 109 Å². The highest BCUT2D eigenvalue weighted by Crippen LogP contribution is 2.08. The van der Waals surface area contributed by atoms with Crippen molar-refractivity contribution in [3.8, 4) is 6.07 Å². The minimum atomic E-state index is -0.451. The molecule has 0 saturated heterocycles. The van der Waals surface area contributed by atoms with Gasteiger partial charge in [-0.25, -0.2) is 4.39 Å². The van der Waals surface area contributed by atoms with E-state index >= 15 is 0 Å². The highest BCUT2D eigenvalue weighted by molar-refractivity contribution is 5.96. The number of nitrogens with one attached hydrogen (secondary N) is 1. The number of pyridine rings is 1. The molecular formula is C14H10FN3O. The number of carbonyl (C=O) groups is 1. The van der Waals surface area contributed by atoms with Gasteiger partial charge in [-0.3, -0.25) is 9.78 Å². The Morgan fingerprint density at radius 3 is 2.89 bits per heavy atom. The molecule has 1 amide bonds. The van der Waals surface area contributed by atoms with E-state index in [0.717, 1.165) is 0 Å². The molecule has 0 saturated carbocycles. The van der Waals surface area contributed by atoms with Crippen LogP contribution in [0.5, 0.6) is 0 Å². The highest BCUT2D eigenvalue weighted by atomic mass is 19.1. The van der Waals surface area contributed by atoms with E-state index in [1.165, 1.54) is 24.5 Å².